The molecule has 138 valence electrons. The summed E-state index contributed by atoms with van der Waals surface area (Å²) < 4.78 is 0. The van der Waals surface area contributed by atoms with Gasteiger partial charge in [0.05, 0.1) is 0 Å². The molecule has 1 rings (SSSR count). The first-order valence-electron chi connectivity index (χ1n) is 8.98. The van der Waals surface area contributed by atoms with Gasteiger partial charge in [-0.25, -0.2) is 4.79 Å². The Hall–Kier alpha value is -1.56. The average Bonchev–Trinajstić information content (AvgIpc) is 2.80. The number of aliphatic hydroxyl groups is 1. The molecule has 0 aromatic rings. The van der Waals surface area contributed by atoms with Crippen molar-refractivity contribution >= 4 is 11.9 Å². The number of amides is 3. The van der Waals surface area contributed by atoms with Gasteiger partial charge in [-0.1, -0.05) is 27.2 Å². The van der Waals surface area contributed by atoms with E-state index in [1.54, 1.807) is 0 Å². The Bertz CT molecular complexity index is 430. The molecule has 3 N–H and O–H groups in total. The van der Waals surface area contributed by atoms with Crippen LogP contribution in [-0.4, -0.2) is 47.8 Å². The van der Waals surface area contributed by atoms with Crippen LogP contribution in [0.3, 0.4) is 0 Å². The van der Waals surface area contributed by atoms with Gasteiger partial charge < -0.3 is 20.6 Å². The first-order chi connectivity index (χ1) is 11.3. The monoisotopic (exact) mass is 339 g/mol. The second-order valence-electron chi connectivity index (χ2n) is 7.57. The van der Waals surface area contributed by atoms with E-state index in [1.807, 2.05) is 0 Å². The number of nitrogens with zero attached hydrogens (tertiary/aromatic N) is 1. The fourth-order valence-corrected chi connectivity index (χ4v) is 2.57. The standard InChI is InChI=1S/C18H33N3O3/c1-18(2,3)11-5-7-13-20-17(24)19-12-6-4-8-14-21-15(22)9-10-16(21)23/h9-10,15,22H,4-8,11-14H2,1-3H3,(H2,19,20,24). The van der Waals surface area contributed by atoms with E-state index in [1.165, 1.54) is 23.5 Å². The smallest absolute Gasteiger partial charge is 0.314 e. The summed E-state index contributed by atoms with van der Waals surface area (Å²) in [6, 6.07) is -0.111. The van der Waals surface area contributed by atoms with Crippen molar-refractivity contribution in [3.63, 3.8) is 0 Å². The van der Waals surface area contributed by atoms with Gasteiger partial charge in [0.25, 0.3) is 0 Å². The fourth-order valence-electron chi connectivity index (χ4n) is 2.57. The van der Waals surface area contributed by atoms with E-state index in [2.05, 4.69) is 31.4 Å². The van der Waals surface area contributed by atoms with Crippen LogP contribution in [0, 0.1) is 5.41 Å². The molecule has 3 amide bonds. The second kappa shape index (κ2) is 10.3. The third-order valence-corrected chi connectivity index (χ3v) is 4.01. The Morgan fingerprint density at radius 3 is 2.29 bits per heavy atom. The summed E-state index contributed by atoms with van der Waals surface area (Å²) in [4.78, 5) is 24.5. The van der Waals surface area contributed by atoms with Gasteiger partial charge in [-0.2, -0.15) is 0 Å². The van der Waals surface area contributed by atoms with Crippen molar-refractivity contribution in [3.05, 3.63) is 12.2 Å². The lowest BCUT2D eigenvalue weighted by Crippen LogP contribution is -2.36. The first-order valence-corrected chi connectivity index (χ1v) is 8.98. The van der Waals surface area contributed by atoms with Crippen molar-refractivity contribution in [2.24, 2.45) is 5.41 Å². The van der Waals surface area contributed by atoms with Crippen molar-refractivity contribution in [2.45, 2.75) is 65.5 Å². The van der Waals surface area contributed by atoms with Crippen LogP contribution >= 0.6 is 0 Å². The Morgan fingerprint density at radius 1 is 1.12 bits per heavy atom. The molecule has 0 radical (unpaired) electrons. The average molecular weight is 339 g/mol. The zero-order valence-corrected chi connectivity index (χ0v) is 15.3. The molecule has 0 spiro atoms. The quantitative estimate of drug-likeness (QED) is 0.535. The van der Waals surface area contributed by atoms with E-state index in [0.717, 1.165) is 32.1 Å². The molecule has 0 aliphatic carbocycles. The van der Waals surface area contributed by atoms with Crippen LogP contribution < -0.4 is 10.6 Å². The maximum absolute atomic E-state index is 11.6. The molecule has 0 saturated carbocycles. The molecule has 1 heterocycles. The SMILES string of the molecule is CC(C)(C)CCCCNC(=O)NCCCCCN1C(=O)C=CC1O. The molecule has 0 fully saturated rings. The van der Waals surface area contributed by atoms with Gasteiger partial charge in [0.1, 0.15) is 6.23 Å². The molecule has 0 aromatic heterocycles. The predicted molar refractivity (Wildman–Crippen MR) is 95.4 cm³/mol. The zero-order valence-electron chi connectivity index (χ0n) is 15.3. The Morgan fingerprint density at radius 2 is 1.75 bits per heavy atom. The molecule has 6 nitrogen and oxygen atoms in total. The van der Waals surface area contributed by atoms with Crippen LogP contribution in [0.5, 0.6) is 0 Å². The number of carbonyl (C=O) groups excluding carboxylic acids is 2. The number of hydrogen-bond acceptors (Lipinski definition) is 3. The van der Waals surface area contributed by atoms with Crippen LogP contribution in [0.2, 0.25) is 0 Å². The molecular formula is C18H33N3O3. The van der Waals surface area contributed by atoms with Crippen LogP contribution in [0.4, 0.5) is 4.79 Å². The van der Waals surface area contributed by atoms with E-state index in [9.17, 15) is 14.7 Å². The van der Waals surface area contributed by atoms with Gasteiger partial charge in [0.15, 0.2) is 0 Å². The molecule has 24 heavy (non-hydrogen) atoms. The molecule has 6 heteroatoms. The van der Waals surface area contributed by atoms with Crippen molar-refractivity contribution in [3.8, 4) is 0 Å². The summed E-state index contributed by atoms with van der Waals surface area (Å²) >= 11 is 0. The van der Waals surface area contributed by atoms with Gasteiger partial charge in [-0.15, -0.1) is 0 Å². The highest BCUT2D eigenvalue weighted by Crippen LogP contribution is 2.21. The van der Waals surface area contributed by atoms with Gasteiger partial charge in [-0.3, -0.25) is 4.79 Å². The van der Waals surface area contributed by atoms with E-state index < -0.39 is 6.23 Å². The second-order valence-corrected chi connectivity index (χ2v) is 7.57. The zero-order chi connectivity index (χ0) is 18.0. The Balaban J connectivity index is 1.92. The third kappa shape index (κ3) is 8.91. The largest absolute Gasteiger partial charge is 0.370 e. The van der Waals surface area contributed by atoms with Gasteiger partial charge in [-0.05, 0) is 43.6 Å². The summed E-state index contributed by atoms with van der Waals surface area (Å²) in [6.07, 6.45) is 8.00. The van der Waals surface area contributed by atoms with Crippen LogP contribution in [0.15, 0.2) is 12.2 Å². The number of aliphatic hydroxyl groups excluding tert-OH is 1. The topological polar surface area (TPSA) is 81.7 Å². The molecule has 0 saturated heterocycles. The highest BCUT2D eigenvalue weighted by Gasteiger charge is 2.22. The number of nitrogens with one attached hydrogen (secondary N) is 2. The lowest BCUT2D eigenvalue weighted by atomic mass is 9.90. The molecule has 1 aliphatic rings. The Labute approximate surface area is 145 Å². The van der Waals surface area contributed by atoms with Crippen molar-refractivity contribution < 1.29 is 14.7 Å². The number of hydrogen-bond donors (Lipinski definition) is 3. The normalized spacial score (nSPS) is 17.4. The predicted octanol–water partition coefficient (Wildman–Crippen LogP) is 2.39. The summed E-state index contributed by atoms with van der Waals surface area (Å²) in [5.41, 5.74) is 0.355. The number of unbranched alkanes of at least 4 members (excludes halogenated alkanes) is 3. The number of rotatable bonds is 10. The third-order valence-electron chi connectivity index (χ3n) is 4.01. The number of carbonyl (C=O) groups is 2. The maximum atomic E-state index is 11.6. The van der Waals surface area contributed by atoms with Crippen LogP contribution in [-0.2, 0) is 4.79 Å². The molecule has 0 aromatic carbocycles. The van der Waals surface area contributed by atoms with Gasteiger partial charge in [0.2, 0.25) is 5.91 Å². The van der Waals surface area contributed by atoms with Crippen LogP contribution in [0.25, 0.3) is 0 Å². The lowest BCUT2D eigenvalue weighted by Gasteiger charge is -2.20. The van der Waals surface area contributed by atoms with Crippen molar-refractivity contribution in [2.75, 3.05) is 19.6 Å². The summed E-state index contributed by atoms with van der Waals surface area (Å²) in [5.74, 6) is -0.133. The van der Waals surface area contributed by atoms with Crippen LogP contribution in [0.1, 0.15) is 59.3 Å². The fraction of sp³-hybridized carbons (Fsp3) is 0.778. The molecule has 1 aliphatic heterocycles. The minimum absolute atomic E-state index is 0.111. The minimum atomic E-state index is -0.778. The molecule has 1 unspecified atom stereocenters. The van der Waals surface area contributed by atoms with Gasteiger partial charge >= 0.3 is 6.03 Å². The van der Waals surface area contributed by atoms with Crippen molar-refractivity contribution in [1.29, 1.82) is 0 Å². The van der Waals surface area contributed by atoms with Crippen molar-refractivity contribution in [1.82, 2.24) is 15.5 Å². The van der Waals surface area contributed by atoms with E-state index in [0.29, 0.717) is 25.0 Å². The molecule has 0 bridgehead atoms. The highest BCUT2D eigenvalue weighted by atomic mass is 16.3. The Kier molecular flexibility index (Phi) is 8.82. The number of urea groups is 1. The first kappa shape index (κ1) is 20.5. The van der Waals surface area contributed by atoms with E-state index in [4.69, 9.17) is 0 Å². The molecule has 1 atom stereocenters. The van der Waals surface area contributed by atoms with Gasteiger partial charge in [0, 0.05) is 25.7 Å². The lowest BCUT2D eigenvalue weighted by molar-refractivity contribution is -0.130. The van der Waals surface area contributed by atoms with E-state index in [-0.39, 0.29) is 11.9 Å². The van der Waals surface area contributed by atoms with E-state index >= 15 is 0 Å². The maximum Gasteiger partial charge on any atom is 0.314 e. The molecular weight excluding hydrogens is 306 g/mol. The minimum Gasteiger partial charge on any atom is -0.370 e. The summed E-state index contributed by atoms with van der Waals surface area (Å²) in [5, 5.41) is 15.3. The summed E-state index contributed by atoms with van der Waals surface area (Å²) in [7, 11) is 0. The summed E-state index contributed by atoms with van der Waals surface area (Å²) in [6.45, 7) is 8.57. The highest BCUT2D eigenvalue weighted by molar-refractivity contribution is 5.90.